The molecule has 1 N–H and O–H groups in total. The Morgan fingerprint density at radius 2 is 2.21 bits per heavy atom. The number of nitrogens with one attached hydrogen (secondary N) is 1. The smallest absolute Gasteiger partial charge is 0.293 e. The highest BCUT2D eigenvalue weighted by Crippen LogP contribution is 2.00. The maximum atomic E-state index is 12.2. The van der Waals surface area contributed by atoms with Gasteiger partial charge in [-0.25, -0.2) is 4.98 Å². The molecule has 1 aromatic rings. The highest BCUT2D eigenvalue weighted by Gasteiger charge is 2.09. The summed E-state index contributed by atoms with van der Waals surface area (Å²) in [6, 6.07) is 0. The van der Waals surface area contributed by atoms with Gasteiger partial charge < -0.3 is 14.8 Å². The van der Waals surface area contributed by atoms with Crippen molar-refractivity contribution in [1.29, 1.82) is 0 Å². The lowest BCUT2D eigenvalue weighted by Crippen LogP contribution is -2.36. The number of nitrogens with zero attached hydrogens (tertiary/aromatic N) is 3. The predicted molar refractivity (Wildman–Crippen MR) is 79.8 cm³/mol. The summed E-state index contributed by atoms with van der Waals surface area (Å²) >= 11 is 0. The zero-order chi connectivity index (χ0) is 14.3. The van der Waals surface area contributed by atoms with Gasteiger partial charge in [-0.15, -0.1) is 0 Å². The summed E-state index contributed by atoms with van der Waals surface area (Å²) in [6.45, 7) is 9.80. The quantitative estimate of drug-likeness (QED) is 0.721. The molecule has 0 aromatic carbocycles. The van der Waals surface area contributed by atoms with Crippen molar-refractivity contribution in [2.75, 3.05) is 31.6 Å². The Morgan fingerprint density at radius 1 is 1.47 bits per heavy atom. The van der Waals surface area contributed by atoms with Gasteiger partial charge in [-0.2, -0.15) is 0 Å². The number of hydrogen-bond donors (Lipinski definition) is 1. The van der Waals surface area contributed by atoms with Crippen LogP contribution in [-0.2, 0) is 6.54 Å². The summed E-state index contributed by atoms with van der Waals surface area (Å²) in [7, 11) is 1.91. The summed E-state index contributed by atoms with van der Waals surface area (Å²) in [5.41, 5.74) is -0.00397. The lowest BCUT2D eigenvalue weighted by molar-refractivity contribution is 0.553. The normalized spacial score (nSPS) is 11.0. The molecule has 1 rings (SSSR count). The minimum Gasteiger partial charge on any atom is -0.354 e. The second kappa shape index (κ2) is 7.94. The lowest BCUT2D eigenvalue weighted by atomic mass is 10.2. The van der Waals surface area contributed by atoms with Crippen molar-refractivity contribution in [2.45, 2.75) is 33.7 Å². The molecule has 0 aliphatic rings. The molecule has 0 aliphatic heterocycles. The van der Waals surface area contributed by atoms with Crippen molar-refractivity contribution in [2.24, 2.45) is 5.92 Å². The van der Waals surface area contributed by atoms with Crippen LogP contribution in [0.1, 0.15) is 27.2 Å². The van der Waals surface area contributed by atoms with Crippen molar-refractivity contribution in [1.82, 2.24) is 14.9 Å². The van der Waals surface area contributed by atoms with E-state index in [1.54, 1.807) is 17.0 Å². The van der Waals surface area contributed by atoms with Crippen molar-refractivity contribution in [3.8, 4) is 0 Å². The summed E-state index contributed by atoms with van der Waals surface area (Å²) in [5.74, 6) is 1.17. The van der Waals surface area contributed by atoms with Gasteiger partial charge in [0.15, 0.2) is 5.82 Å². The third kappa shape index (κ3) is 5.03. The van der Waals surface area contributed by atoms with E-state index in [1.165, 1.54) is 0 Å². The molecule has 19 heavy (non-hydrogen) atoms. The van der Waals surface area contributed by atoms with Crippen molar-refractivity contribution < 1.29 is 0 Å². The fourth-order valence-corrected chi connectivity index (χ4v) is 1.86. The average Bonchev–Trinajstić information content (AvgIpc) is 2.37. The second-order valence-corrected chi connectivity index (χ2v) is 5.27. The van der Waals surface area contributed by atoms with Crippen molar-refractivity contribution in [3.63, 3.8) is 0 Å². The van der Waals surface area contributed by atoms with Gasteiger partial charge in [-0.3, -0.25) is 4.79 Å². The highest BCUT2D eigenvalue weighted by molar-refractivity contribution is 5.34. The molecule has 0 radical (unpaired) electrons. The van der Waals surface area contributed by atoms with Gasteiger partial charge in [0.1, 0.15) is 0 Å². The number of aromatic nitrogens is 2. The Kier molecular flexibility index (Phi) is 6.56. The summed E-state index contributed by atoms with van der Waals surface area (Å²) in [4.78, 5) is 18.3. The molecule has 108 valence electrons. The van der Waals surface area contributed by atoms with Gasteiger partial charge in [-0.1, -0.05) is 20.8 Å². The fraction of sp³-hybridized carbons (Fsp3) is 0.714. The summed E-state index contributed by atoms with van der Waals surface area (Å²) in [5, 5.41) is 3.37. The minimum absolute atomic E-state index is 0.00397. The van der Waals surface area contributed by atoms with Crippen molar-refractivity contribution in [3.05, 3.63) is 22.7 Å². The molecule has 0 aliphatic carbocycles. The Labute approximate surface area is 115 Å². The van der Waals surface area contributed by atoms with E-state index >= 15 is 0 Å². The zero-order valence-corrected chi connectivity index (χ0v) is 12.5. The molecular weight excluding hydrogens is 240 g/mol. The number of likely N-dealkylation sites (N-methyl/N-ethyl adjacent to an activating group) is 1. The molecule has 1 aromatic heterocycles. The van der Waals surface area contributed by atoms with Crippen LogP contribution < -0.4 is 15.8 Å². The molecule has 1 heterocycles. The van der Waals surface area contributed by atoms with Gasteiger partial charge in [-0.05, 0) is 18.9 Å². The first-order valence-electron chi connectivity index (χ1n) is 7.03. The number of anilines is 1. The molecule has 5 heteroatoms. The maximum absolute atomic E-state index is 12.2. The Bertz CT molecular complexity index is 428. The van der Waals surface area contributed by atoms with Gasteiger partial charge >= 0.3 is 0 Å². The largest absolute Gasteiger partial charge is 0.354 e. The number of rotatable bonds is 8. The van der Waals surface area contributed by atoms with E-state index in [0.29, 0.717) is 11.7 Å². The molecule has 0 amide bonds. The van der Waals surface area contributed by atoms with E-state index in [1.807, 2.05) is 11.9 Å². The van der Waals surface area contributed by atoms with E-state index < -0.39 is 0 Å². The summed E-state index contributed by atoms with van der Waals surface area (Å²) < 4.78 is 1.72. The van der Waals surface area contributed by atoms with Gasteiger partial charge in [0.25, 0.3) is 5.56 Å². The molecule has 0 spiro atoms. The van der Waals surface area contributed by atoms with E-state index in [9.17, 15) is 4.79 Å². The monoisotopic (exact) mass is 266 g/mol. The second-order valence-electron chi connectivity index (χ2n) is 5.27. The first-order valence-corrected chi connectivity index (χ1v) is 7.03. The van der Waals surface area contributed by atoms with Crippen LogP contribution in [0.2, 0.25) is 0 Å². The minimum atomic E-state index is -0.00397. The number of hydrogen-bond acceptors (Lipinski definition) is 4. The van der Waals surface area contributed by atoms with Crippen LogP contribution in [0.15, 0.2) is 17.2 Å². The molecule has 0 atom stereocenters. The molecule has 5 nitrogen and oxygen atoms in total. The predicted octanol–water partition coefficient (Wildman–Crippen LogP) is 1.34. The van der Waals surface area contributed by atoms with Crippen molar-refractivity contribution >= 4 is 5.82 Å². The molecular formula is C14H26N4O. The molecule has 0 unspecified atom stereocenters. The number of aryl methyl sites for hydroxylation is 1. The van der Waals surface area contributed by atoms with Crippen LogP contribution in [0.4, 0.5) is 5.82 Å². The third-order valence-electron chi connectivity index (χ3n) is 2.90. The summed E-state index contributed by atoms with van der Waals surface area (Å²) in [6.07, 6.45) is 4.40. The zero-order valence-electron chi connectivity index (χ0n) is 12.5. The van der Waals surface area contributed by atoms with Crippen LogP contribution in [0.25, 0.3) is 0 Å². The first kappa shape index (κ1) is 15.7. The average molecular weight is 266 g/mol. The Balaban J connectivity index is 2.59. The lowest BCUT2D eigenvalue weighted by Gasteiger charge is -2.19. The Hall–Kier alpha value is -1.36. The van der Waals surface area contributed by atoms with E-state index in [4.69, 9.17) is 0 Å². The van der Waals surface area contributed by atoms with E-state index in [-0.39, 0.29) is 5.56 Å². The Morgan fingerprint density at radius 3 is 2.84 bits per heavy atom. The molecule has 0 saturated carbocycles. The van der Waals surface area contributed by atoms with E-state index in [2.05, 4.69) is 31.1 Å². The SMILES string of the molecule is CCCn1ccnc(N(C)CCNCC(C)C)c1=O. The first-order chi connectivity index (χ1) is 9.06. The van der Waals surface area contributed by atoms with Crippen LogP contribution in [0.3, 0.4) is 0 Å². The third-order valence-corrected chi connectivity index (χ3v) is 2.90. The molecule has 0 fully saturated rings. The van der Waals surface area contributed by atoms with Crippen LogP contribution >= 0.6 is 0 Å². The van der Waals surface area contributed by atoms with Gasteiger partial charge in [0.05, 0.1) is 0 Å². The van der Waals surface area contributed by atoms with Crippen LogP contribution in [0.5, 0.6) is 0 Å². The van der Waals surface area contributed by atoms with Crippen LogP contribution in [-0.4, -0.2) is 36.2 Å². The molecule has 0 saturated heterocycles. The highest BCUT2D eigenvalue weighted by atomic mass is 16.1. The standard InChI is InChI=1S/C14H26N4O/c1-5-8-18-10-7-16-13(14(18)19)17(4)9-6-15-11-12(2)3/h7,10,12,15H,5-6,8-9,11H2,1-4H3. The van der Waals surface area contributed by atoms with E-state index in [0.717, 1.165) is 32.6 Å². The van der Waals surface area contributed by atoms with Crippen LogP contribution in [0, 0.1) is 5.92 Å². The molecule has 0 bridgehead atoms. The van der Waals surface area contributed by atoms with Gasteiger partial charge in [0.2, 0.25) is 0 Å². The topological polar surface area (TPSA) is 50.2 Å². The maximum Gasteiger partial charge on any atom is 0.293 e. The van der Waals surface area contributed by atoms with Gasteiger partial charge in [0, 0.05) is 39.1 Å². The fourth-order valence-electron chi connectivity index (χ4n) is 1.86.